The number of hydrogen-bond donors (Lipinski definition) is 4. The van der Waals surface area contributed by atoms with Gasteiger partial charge in [0.1, 0.15) is 6.54 Å². The van der Waals surface area contributed by atoms with E-state index in [9.17, 15) is 51.9 Å². The molecule has 0 radical (unpaired) electrons. The molecule has 2 aliphatic rings. The Morgan fingerprint density at radius 2 is 1.22 bits per heavy atom. The Morgan fingerprint density at radius 3 is 1.80 bits per heavy atom. The molecule has 7 rings (SSSR count). The van der Waals surface area contributed by atoms with Crippen molar-refractivity contribution < 1.29 is 56.5 Å². The molecule has 0 saturated heterocycles. The second-order valence-electron chi connectivity index (χ2n) is 17.1. The van der Waals surface area contributed by atoms with Crippen molar-refractivity contribution in [2.24, 2.45) is 0 Å². The van der Waals surface area contributed by atoms with Gasteiger partial charge in [-0.2, -0.15) is 38.2 Å². The summed E-state index contributed by atoms with van der Waals surface area (Å²) in [5, 5.41) is 2.68. The Labute approximate surface area is 379 Å². The summed E-state index contributed by atoms with van der Waals surface area (Å²) in [6.07, 6.45) is 11.7. The molecule has 0 amide bonds. The van der Waals surface area contributed by atoms with Crippen molar-refractivity contribution in [2.75, 3.05) is 29.5 Å². The van der Waals surface area contributed by atoms with Gasteiger partial charge in [0, 0.05) is 47.5 Å². The normalized spacial score (nSPS) is 17.3. The van der Waals surface area contributed by atoms with E-state index < -0.39 is 62.8 Å². The number of anilines is 1. The van der Waals surface area contributed by atoms with Crippen LogP contribution in [0.1, 0.15) is 57.2 Å². The first-order chi connectivity index (χ1) is 30.3. The van der Waals surface area contributed by atoms with Crippen LogP contribution in [0.15, 0.2) is 143 Å². The zero-order chi connectivity index (χ0) is 47.3. The van der Waals surface area contributed by atoms with E-state index in [0.29, 0.717) is 10.8 Å². The third-order valence-electron chi connectivity index (χ3n) is 12.0. The summed E-state index contributed by atoms with van der Waals surface area (Å²) in [5.74, 6) is -0.907. The van der Waals surface area contributed by atoms with Gasteiger partial charge in [-0.15, -0.1) is 0 Å². The van der Waals surface area contributed by atoms with E-state index in [1.54, 1.807) is 24.3 Å². The van der Waals surface area contributed by atoms with E-state index >= 15 is 0 Å². The molecule has 0 aromatic heterocycles. The summed E-state index contributed by atoms with van der Waals surface area (Å²) in [7, 11) is -17.4. The smallest absolute Gasteiger partial charge is 0.294 e. The Hall–Kier alpha value is -5.31. The van der Waals surface area contributed by atoms with Crippen LogP contribution in [0, 0.1) is 0 Å². The van der Waals surface area contributed by atoms with Gasteiger partial charge in [-0.05, 0) is 101 Å². The van der Waals surface area contributed by atoms with Gasteiger partial charge in [0.05, 0.1) is 26.7 Å². The third kappa shape index (κ3) is 10.1. The number of nitrogens with zero attached hydrogens (tertiary/aromatic N) is 2. The number of allylic oxidation sites excluding steroid dienone is 8. The number of hydrogen-bond acceptors (Lipinski definition) is 9. The largest absolute Gasteiger partial charge is 0.344 e. The van der Waals surface area contributed by atoms with Crippen LogP contribution in [0.5, 0.6) is 0 Å². The van der Waals surface area contributed by atoms with Gasteiger partial charge in [0.15, 0.2) is 5.71 Å². The first kappa shape index (κ1) is 47.6. The molecule has 0 spiro atoms. The van der Waals surface area contributed by atoms with Crippen LogP contribution < -0.4 is 4.90 Å². The van der Waals surface area contributed by atoms with Crippen LogP contribution in [-0.4, -0.2) is 86.8 Å². The Bertz CT molecular complexity index is 3370. The Kier molecular flexibility index (Phi) is 12.8. The molecular weight excluding hydrogens is 913 g/mol. The minimum atomic E-state index is -4.46. The van der Waals surface area contributed by atoms with E-state index in [1.165, 1.54) is 24.3 Å². The van der Waals surface area contributed by atoms with Gasteiger partial charge in [-0.1, -0.05) is 86.7 Å². The van der Waals surface area contributed by atoms with E-state index in [0.717, 1.165) is 55.8 Å². The lowest BCUT2D eigenvalue weighted by Gasteiger charge is -2.27. The van der Waals surface area contributed by atoms with Crippen LogP contribution in [0.4, 0.5) is 11.4 Å². The quantitative estimate of drug-likeness (QED) is 0.0441. The fraction of sp³-hybridized carbons (Fsp3) is 0.255. The van der Waals surface area contributed by atoms with E-state index in [-0.39, 0.29) is 35.7 Å². The van der Waals surface area contributed by atoms with Gasteiger partial charge in [-0.3, -0.25) is 18.2 Å². The number of fused-ring (bicyclic) bond motifs is 6. The van der Waals surface area contributed by atoms with Gasteiger partial charge < -0.3 is 4.90 Å². The van der Waals surface area contributed by atoms with Crippen molar-refractivity contribution in [2.45, 2.75) is 61.2 Å². The maximum Gasteiger partial charge on any atom is 0.294 e. The molecule has 0 fully saturated rings. The molecule has 5 aromatic rings. The standard InChI is InChI=1S/C47H48N2O12S4/c1-46(2)42(48(26-10-28-62(50,51)52)40-24-18-34-30-36(64(56,57)58)20-22-38(34)44(40)46)16-8-14-33(32-12-6-5-7-13-32)15-9-17-43-47(3,4)45-39-23-21-37(65(59,60)61)31-35(39)19-25-41(45)49(43)27-11-29-63(53,54)55/h5-9,12-25,30-31H,10-11,26-29H2,1-4H3,(H3-,50,51,52,53,54,55,56,57,58,59,60,61)/p+1. The predicted molar refractivity (Wildman–Crippen MR) is 254 cm³/mol. The van der Waals surface area contributed by atoms with E-state index in [2.05, 4.69) is 0 Å². The lowest BCUT2D eigenvalue weighted by atomic mass is 9.79. The lowest BCUT2D eigenvalue weighted by molar-refractivity contribution is -0.437. The van der Waals surface area contributed by atoms with Crippen LogP contribution in [-0.2, 0) is 51.3 Å². The molecule has 342 valence electrons. The summed E-state index contributed by atoms with van der Waals surface area (Å²) in [5.41, 5.74) is 5.24. The van der Waals surface area contributed by atoms with Gasteiger partial charge >= 0.3 is 0 Å². The molecule has 5 aromatic carbocycles. The average Bonchev–Trinajstić information content (AvgIpc) is 3.56. The van der Waals surface area contributed by atoms with Crippen molar-refractivity contribution in [1.82, 2.24) is 0 Å². The molecule has 0 aliphatic carbocycles. The summed E-state index contributed by atoms with van der Waals surface area (Å²) >= 11 is 0. The van der Waals surface area contributed by atoms with E-state index in [4.69, 9.17) is 0 Å². The summed E-state index contributed by atoms with van der Waals surface area (Å²) in [6, 6.07) is 25.6. The molecule has 0 unspecified atom stereocenters. The molecule has 14 nitrogen and oxygen atoms in total. The maximum atomic E-state index is 12.0. The molecule has 4 N–H and O–H groups in total. The first-order valence-corrected chi connectivity index (χ1v) is 26.6. The maximum absolute atomic E-state index is 12.0. The lowest BCUT2D eigenvalue weighted by Crippen LogP contribution is -2.28. The van der Waals surface area contributed by atoms with Gasteiger partial charge in [0.2, 0.25) is 5.69 Å². The Morgan fingerprint density at radius 1 is 0.646 bits per heavy atom. The first-order valence-electron chi connectivity index (χ1n) is 20.5. The highest BCUT2D eigenvalue weighted by Gasteiger charge is 2.46. The molecule has 2 aliphatic heterocycles. The van der Waals surface area contributed by atoms with Crippen LogP contribution in [0.25, 0.3) is 27.1 Å². The zero-order valence-corrected chi connectivity index (χ0v) is 39.2. The highest BCUT2D eigenvalue weighted by Crippen LogP contribution is 2.51. The van der Waals surface area contributed by atoms with Crippen LogP contribution >= 0.6 is 0 Å². The molecule has 0 bridgehead atoms. The highest BCUT2D eigenvalue weighted by atomic mass is 32.2. The van der Waals surface area contributed by atoms with Crippen molar-refractivity contribution in [3.8, 4) is 0 Å². The minimum absolute atomic E-state index is 0.113. The van der Waals surface area contributed by atoms with Gasteiger partial charge in [0.25, 0.3) is 40.5 Å². The van der Waals surface area contributed by atoms with Crippen molar-refractivity contribution >= 4 is 84.7 Å². The summed E-state index contributed by atoms with van der Waals surface area (Å²) < 4.78 is 136. The summed E-state index contributed by atoms with van der Waals surface area (Å²) in [6.45, 7) is 8.53. The Balaban J connectivity index is 1.30. The molecule has 0 saturated carbocycles. The highest BCUT2D eigenvalue weighted by molar-refractivity contribution is 7.86. The topological polar surface area (TPSA) is 224 Å². The third-order valence-corrected chi connectivity index (χ3v) is 15.3. The zero-order valence-electron chi connectivity index (χ0n) is 35.9. The molecular formula is C47H49N2O12S4+. The van der Waals surface area contributed by atoms with E-state index in [1.807, 2.05) is 116 Å². The number of rotatable bonds is 15. The second-order valence-corrected chi connectivity index (χ2v) is 23.1. The van der Waals surface area contributed by atoms with Crippen molar-refractivity contribution in [1.29, 1.82) is 0 Å². The monoisotopic (exact) mass is 961 g/mol. The minimum Gasteiger partial charge on any atom is -0.344 e. The fourth-order valence-electron chi connectivity index (χ4n) is 9.12. The molecule has 2 heterocycles. The number of benzene rings is 5. The van der Waals surface area contributed by atoms with Crippen molar-refractivity contribution in [3.63, 3.8) is 0 Å². The fourth-order valence-corrected chi connectivity index (χ4v) is 11.1. The molecule has 65 heavy (non-hydrogen) atoms. The molecule has 18 heteroatoms. The van der Waals surface area contributed by atoms with Crippen LogP contribution in [0.3, 0.4) is 0 Å². The average molecular weight is 962 g/mol. The van der Waals surface area contributed by atoms with Crippen molar-refractivity contribution in [3.05, 3.63) is 150 Å². The SMILES string of the molecule is CC1(C)C(/C=C/C=C(/C=C/C=C2/N(CCCS(=O)(=O)O)c3ccc4cc(S(=O)(=O)O)ccc4c3C2(C)C)c2ccccc2)=[N+](CCCS(=O)(=O)O)c2ccc3cc(S(=O)(=O)O)ccc3c21. The molecule has 0 atom stereocenters. The predicted octanol–water partition coefficient (Wildman–Crippen LogP) is 8.30. The summed E-state index contributed by atoms with van der Waals surface area (Å²) in [4.78, 5) is 1.51. The van der Waals surface area contributed by atoms with Crippen LogP contribution in [0.2, 0.25) is 0 Å². The second kappa shape index (κ2) is 17.5. The van der Waals surface area contributed by atoms with Gasteiger partial charge in [-0.25, -0.2) is 0 Å².